The van der Waals surface area contributed by atoms with Crippen LogP contribution in [0.4, 0.5) is 5.69 Å². The predicted octanol–water partition coefficient (Wildman–Crippen LogP) is 4.12. The lowest BCUT2D eigenvalue weighted by molar-refractivity contribution is -0.114. The summed E-state index contributed by atoms with van der Waals surface area (Å²) in [6, 6.07) is 15.9. The van der Waals surface area contributed by atoms with Crippen LogP contribution in [0.25, 0.3) is 0 Å². The number of rotatable bonds is 6. The molecule has 0 radical (unpaired) electrons. The van der Waals surface area contributed by atoms with Gasteiger partial charge in [-0.25, -0.2) is 0 Å². The molecule has 3 nitrogen and oxygen atoms in total. The van der Waals surface area contributed by atoms with Crippen LogP contribution in [0.15, 0.2) is 53.4 Å². The largest absolute Gasteiger partial charge is 0.493 e. The normalized spacial score (nSPS) is 10.2. The molecule has 0 fully saturated rings. The van der Waals surface area contributed by atoms with E-state index in [1.807, 2.05) is 48.5 Å². The Morgan fingerprint density at radius 3 is 2.38 bits per heavy atom. The van der Waals surface area contributed by atoms with Crippen molar-refractivity contribution < 1.29 is 9.53 Å². The molecule has 21 heavy (non-hydrogen) atoms. The Bertz CT molecular complexity index is 579. The third-order valence-corrected chi connectivity index (χ3v) is 3.79. The summed E-state index contributed by atoms with van der Waals surface area (Å²) in [7, 11) is 0. The van der Waals surface area contributed by atoms with Crippen LogP contribution in [-0.4, -0.2) is 18.3 Å². The van der Waals surface area contributed by atoms with Crippen molar-refractivity contribution in [3.8, 4) is 5.75 Å². The second-order valence-corrected chi connectivity index (χ2v) is 5.88. The molecule has 0 saturated carbocycles. The minimum Gasteiger partial charge on any atom is -0.493 e. The first-order valence-corrected chi connectivity index (χ1v) is 7.82. The molecule has 0 aliphatic heterocycles. The first-order chi connectivity index (χ1) is 10.1. The van der Waals surface area contributed by atoms with Crippen molar-refractivity contribution in [3.05, 3.63) is 54.1 Å². The van der Waals surface area contributed by atoms with Crippen molar-refractivity contribution in [2.75, 3.05) is 17.7 Å². The number of hydrogen-bond donors (Lipinski definition) is 1. The van der Waals surface area contributed by atoms with E-state index in [0.29, 0.717) is 6.61 Å². The SMILES string of the molecule is CC(=O)Nc1ccc(SCCOc2ccc(C)cc2)cc1. The van der Waals surface area contributed by atoms with Crippen LogP contribution in [0, 0.1) is 6.92 Å². The fourth-order valence-electron chi connectivity index (χ4n) is 1.79. The lowest BCUT2D eigenvalue weighted by Crippen LogP contribution is -2.05. The number of carbonyl (C=O) groups is 1. The van der Waals surface area contributed by atoms with E-state index < -0.39 is 0 Å². The monoisotopic (exact) mass is 301 g/mol. The number of ether oxygens (including phenoxy) is 1. The summed E-state index contributed by atoms with van der Waals surface area (Å²) < 4.78 is 5.68. The molecule has 4 heteroatoms. The standard InChI is InChI=1S/C17H19NO2S/c1-13-3-7-16(8-4-13)20-11-12-21-17-9-5-15(6-10-17)18-14(2)19/h3-10H,11-12H2,1-2H3,(H,18,19). The summed E-state index contributed by atoms with van der Waals surface area (Å²) in [4.78, 5) is 12.1. The molecular weight excluding hydrogens is 282 g/mol. The minimum atomic E-state index is -0.0538. The van der Waals surface area contributed by atoms with Gasteiger partial charge < -0.3 is 10.1 Å². The van der Waals surface area contributed by atoms with Crippen molar-refractivity contribution in [2.24, 2.45) is 0 Å². The molecule has 0 spiro atoms. The fraction of sp³-hybridized carbons (Fsp3) is 0.235. The van der Waals surface area contributed by atoms with Crippen LogP contribution in [0.5, 0.6) is 5.75 Å². The third-order valence-electron chi connectivity index (χ3n) is 2.82. The number of anilines is 1. The van der Waals surface area contributed by atoms with Gasteiger partial charge in [0.25, 0.3) is 0 Å². The third kappa shape index (κ3) is 5.52. The second kappa shape index (κ2) is 7.74. The van der Waals surface area contributed by atoms with Crippen molar-refractivity contribution in [2.45, 2.75) is 18.7 Å². The predicted molar refractivity (Wildman–Crippen MR) is 88.1 cm³/mol. The number of nitrogens with one attached hydrogen (secondary N) is 1. The fourth-order valence-corrected chi connectivity index (χ4v) is 2.52. The molecule has 2 aromatic carbocycles. The van der Waals surface area contributed by atoms with E-state index in [-0.39, 0.29) is 5.91 Å². The molecule has 2 aromatic rings. The van der Waals surface area contributed by atoms with Gasteiger partial charge in [0.2, 0.25) is 5.91 Å². The number of amides is 1. The summed E-state index contributed by atoms with van der Waals surface area (Å²) in [5.41, 5.74) is 2.05. The smallest absolute Gasteiger partial charge is 0.221 e. The maximum Gasteiger partial charge on any atom is 0.221 e. The van der Waals surface area contributed by atoms with Crippen LogP contribution in [0.1, 0.15) is 12.5 Å². The van der Waals surface area contributed by atoms with E-state index in [2.05, 4.69) is 12.2 Å². The highest BCUT2D eigenvalue weighted by atomic mass is 32.2. The lowest BCUT2D eigenvalue weighted by atomic mass is 10.2. The average Bonchev–Trinajstić information content (AvgIpc) is 2.46. The molecular formula is C17H19NO2S. The second-order valence-electron chi connectivity index (χ2n) is 4.72. The molecule has 0 heterocycles. The molecule has 0 unspecified atom stereocenters. The first kappa shape index (κ1) is 15.4. The number of aryl methyl sites for hydroxylation is 1. The zero-order chi connectivity index (χ0) is 15.1. The zero-order valence-corrected chi connectivity index (χ0v) is 13.1. The summed E-state index contributed by atoms with van der Waals surface area (Å²) in [5, 5.41) is 2.75. The Morgan fingerprint density at radius 1 is 1.10 bits per heavy atom. The molecule has 0 aliphatic carbocycles. The van der Waals surface area contributed by atoms with Gasteiger partial charge >= 0.3 is 0 Å². The van der Waals surface area contributed by atoms with Gasteiger partial charge in [-0.1, -0.05) is 17.7 Å². The van der Waals surface area contributed by atoms with Gasteiger partial charge in [-0.05, 0) is 43.3 Å². The summed E-state index contributed by atoms with van der Waals surface area (Å²) >= 11 is 1.73. The Hall–Kier alpha value is -1.94. The van der Waals surface area contributed by atoms with E-state index in [1.54, 1.807) is 11.8 Å². The van der Waals surface area contributed by atoms with Gasteiger partial charge in [0, 0.05) is 23.3 Å². The molecule has 1 amide bonds. The van der Waals surface area contributed by atoms with Crippen LogP contribution in [0.3, 0.4) is 0 Å². The highest BCUT2D eigenvalue weighted by Crippen LogP contribution is 2.20. The molecule has 0 saturated heterocycles. The highest BCUT2D eigenvalue weighted by molar-refractivity contribution is 7.99. The topological polar surface area (TPSA) is 38.3 Å². The van der Waals surface area contributed by atoms with Crippen molar-refractivity contribution in [1.82, 2.24) is 0 Å². The highest BCUT2D eigenvalue weighted by Gasteiger charge is 1.98. The number of benzene rings is 2. The summed E-state index contributed by atoms with van der Waals surface area (Å²) in [6.45, 7) is 4.23. The summed E-state index contributed by atoms with van der Waals surface area (Å²) in [6.07, 6.45) is 0. The van der Waals surface area contributed by atoms with E-state index in [0.717, 1.165) is 22.1 Å². The van der Waals surface area contributed by atoms with Gasteiger partial charge in [-0.3, -0.25) is 4.79 Å². The van der Waals surface area contributed by atoms with Crippen molar-refractivity contribution in [1.29, 1.82) is 0 Å². The first-order valence-electron chi connectivity index (χ1n) is 6.83. The van der Waals surface area contributed by atoms with Gasteiger partial charge in [0.1, 0.15) is 5.75 Å². The van der Waals surface area contributed by atoms with Crippen LogP contribution >= 0.6 is 11.8 Å². The maximum absolute atomic E-state index is 10.9. The van der Waals surface area contributed by atoms with Crippen LogP contribution in [0.2, 0.25) is 0 Å². The van der Waals surface area contributed by atoms with Crippen molar-refractivity contribution >= 4 is 23.4 Å². The van der Waals surface area contributed by atoms with Crippen molar-refractivity contribution in [3.63, 3.8) is 0 Å². The van der Waals surface area contributed by atoms with Crippen LogP contribution in [-0.2, 0) is 4.79 Å². The van der Waals surface area contributed by atoms with E-state index in [4.69, 9.17) is 4.74 Å². The quantitative estimate of drug-likeness (QED) is 0.644. The Labute approximate surface area is 129 Å². The van der Waals surface area contributed by atoms with Gasteiger partial charge in [0.15, 0.2) is 0 Å². The Balaban J connectivity index is 1.73. The molecule has 2 rings (SSSR count). The van der Waals surface area contributed by atoms with E-state index in [9.17, 15) is 4.79 Å². The van der Waals surface area contributed by atoms with E-state index >= 15 is 0 Å². The number of hydrogen-bond acceptors (Lipinski definition) is 3. The lowest BCUT2D eigenvalue weighted by Gasteiger charge is -2.07. The molecule has 0 aliphatic rings. The number of carbonyl (C=O) groups excluding carboxylic acids is 1. The molecule has 110 valence electrons. The van der Waals surface area contributed by atoms with Gasteiger partial charge in [-0.15, -0.1) is 11.8 Å². The average molecular weight is 301 g/mol. The minimum absolute atomic E-state index is 0.0538. The molecule has 0 bridgehead atoms. The summed E-state index contributed by atoms with van der Waals surface area (Å²) in [5.74, 6) is 1.73. The maximum atomic E-state index is 10.9. The van der Waals surface area contributed by atoms with E-state index in [1.165, 1.54) is 12.5 Å². The van der Waals surface area contributed by atoms with Gasteiger partial charge in [-0.2, -0.15) is 0 Å². The Morgan fingerprint density at radius 2 is 1.76 bits per heavy atom. The number of thioether (sulfide) groups is 1. The Kier molecular flexibility index (Phi) is 5.69. The molecule has 0 aromatic heterocycles. The molecule has 0 atom stereocenters. The molecule has 1 N–H and O–H groups in total. The van der Waals surface area contributed by atoms with Gasteiger partial charge in [0.05, 0.1) is 6.61 Å². The van der Waals surface area contributed by atoms with Crippen LogP contribution < -0.4 is 10.1 Å². The zero-order valence-electron chi connectivity index (χ0n) is 12.3.